The van der Waals surface area contributed by atoms with Crippen LogP contribution < -0.4 is 5.32 Å². The van der Waals surface area contributed by atoms with Crippen molar-refractivity contribution < 1.29 is 19.4 Å². The highest BCUT2D eigenvalue weighted by atomic mass is 16.7. The van der Waals surface area contributed by atoms with Crippen LogP contribution in [0.4, 0.5) is 4.79 Å². The number of fused-ring (bicyclic) bond motifs is 5. The van der Waals surface area contributed by atoms with Gasteiger partial charge in [-0.25, -0.2) is 4.79 Å². The molecule has 2 N–H and O–H groups in total. The Bertz CT molecular complexity index is 700. The molecule has 0 radical (unpaired) electrons. The van der Waals surface area contributed by atoms with Gasteiger partial charge in [-0.1, -0.05) is 13.8 Å². The number of nitrogens with one attached hydrogen (secondary N) is 1. The molecule has 1 amide bonds. The van der Waals surface area contributed by atoms with Crippen LogP contribution in [0, 0.1) is 40.4 Å². The molecule has 0 saturated heterocycles. The van der Waals surface area contributed by atoms with E-state index in [0.717, 1.165) is 38.0 Å². The Morgan fingerprint density at radius 2 is 1.60 bits per heavy atom. The number of hydrogen-bond donors (Lipinski definition) is 2. The molecule has 4 rings (SSSR count). The minimum Gasteiger partial charge on any atom is -0.450 e. The molecule has 0 heterocycles. The molecule has 1 unspecified atom stereocenters. The van der Waals surface area contributed by atoms with E-state index in [2.05, 4.69) is 39.9 Å². The predicted molar refractivity (Wildman–Crippen MR) is 116 cm³/mol. The maximum Gasteiger partial charge on any atom is 0.506 e. The molecule has 30 heavy (non-hydrogen) atoms. The number of carboxylic acid groups (broad SMARTS) is 1. The second kappa shape index (κ2) is 7.41. The van der Waals surface area contributed by atoms with Crippen molar-refractivity contribution in [1.82, 2.24) is 5.32 Å². The molecule has 4 fully saturated rings. The van der Waals surface area contributed by atoms with E-state index in [4.69, 9.17) is 9.84 Å². The average molecular weight is 420 g/mol. The highest BCUT2D eigenvalue weighted by Crippen LogP contribution is 2.67. The van der Waals surface area contributed by atoms with E-state index in [-0.39, 0.29) is 28.9 Å². The highest BCUT2D eigenvalue weighted by Gasteiger charge is 2.61. The van der Waals surface area contributed by atoms with E-state index in [1.54, 1.807) is 0 Å². The molecule has 0 aromatic rings. The van der Waals surface area contributed by atoms with Gasteiger partial charge in [-0.05, 0) is 113 Å². The highest BCUT2D eigenvalue weighted by molar-refractivity contribution is 5.80. The molecule has 4 aliphatic carbocycles. The number of carbonyl (C=O) groups excluding carboxylic acids is 1. The first-order valence-corrected chi connectivity index (χ1v) is 12.2. The Labute approximate surface area is 181 Å². The van der Waals surface area contributed by atoms with Crippen LogP contribution in [-0.2, 0) is 9.53 Å². The molecule has 4 saturated carbocycles. The molecule has 0 aromatic carbocycles. The quantitative estimate of drug-likeness (QED) is 0.569. The van der Waals surface area contributed by atoms with Crippen molar-refractivity contribution in [3.8, 4) is 0 Å². The first-order chi connectivity index (χ1) is 13.9. The molecule has 0 bridgehead atoms. The maximum absolute atomic E-state index is 13.1. The van der Waals surface area contributed by atoms with E-state index < -0.39 is 6.16 Å². The first kappa shape index (κ1) is 22.0. The summed E-state index contributed by atoms with van der Waals surface area (Å²) in [4.78, 5) is 24.1. The van der Waals surface area contributed by atoms with Crippen LogP contribution in [0.5, 0.6) is 0 Å². The predicted octanol–water partition coefficient (Wildman–Crippen LogP) is 5.62. The summed E-state index contributed by atoms with van der Waals surface area (Å²) in [5.41, 5.74) is 0.253. The monoisotopic (exact) mass is 419 g/mol. The summed E-state index contributed by atoms with van der Waals surface area (Å²) in [5, 5.41) is 12.3. The van der Waals surface area contributed by atoms with Crippen LogP contribution >= 0.6 is 0 Å². The SMILES string of the molecule is CC(C)(C)NC(=O)[C@H]1CC[C@H]2[C@@H]3CC[C@H]4CC(OC(=O)O)CC[C@]4(C)[C@H]3CC[C@]12C. The maximum atomic E-state index is 13.1. The Morgan fingerprint density at radius 1 is 0.933 bits per heavy atom. The van der Waals surface area contributed by atoms with Crippen LogP contribution in [0.25, 0.3) is 0 Å². The van der Waals surface area contributed by atoms with Gasteiger partial charge in [-0.15, -0.1) is 0 Å². The van der Waals surface area contributed by atoms with Crippen molar-refractivity contribution in [3.63, 3.8) is 0 Å². The van der Waals surface area contributed by atoms with Crippen LogP contribution in [-0.4, -0.2) is 28.8 Å². The van der Waals surface area contributed by atoms with E-state index in [1.807, 2.05) is 0 Å². The van der Waals surface area contributed by atoms with Gasteiger partial charge >= 0.3 is 6.16 Å². The smallest absolute Gasteiger partial charge is 0.450 e. The van der Waals surface area contributed by atoms with Crippen molar-refractivity contribution in [2.75, 3.05) is 0 Å². The number of hydrogen-bond acceptors (Lipinski definition) is 3. The van der Waals surface area contributed by atoms with Crippen molar-refractivity contribution >= 4 is 12.1 Å². The third-order valence-corrected chi connectivity index (χ3v) is 9.70. The van der Waals surface area contributed by atoms with E-state index in [9.17, 15) is 9.59 Å². The first-order valence-electron chi connectivity index (χ1n) is 12.2. The molecular weight excluding hydrogens is 378 g/mol. The molecule has 5 heteroatoms. The van der Waals surface area contributed by atoms with E-state index in [0.29, 0.717) is 23.2 Å². The van der Waals surface area contributed by atoms with Gasteiger partial charge < -0.3 is 15.2 Å². The third kappa shape index (κ3) is 3.64. The van der Waals surface area contributed by atoms with Gasteiger partial charge in [0.2, 0.25) is 5.91 Å². The van der Waals surface area contributed by atoms with Gasteiger partial charge in [-0.2, -0.15) is 0 Å². The Hall–Kier alpha value is -1.26. The number of rotatable bonds is 2. The van der Waals surface area contributed by atoms with Crippen molar-refractivity contribution in [3.05, 3.63) is 0 Å². The molecule has 0 aliphatic heterocycles. The van der Waals surface area contributed by atoms with Gasteiger partial charge in [0.25, 0.3) is 0 Å². The fourth-order valence-electron chi connectivity index (χ4n) is 8.36. The van der Waals surface area contributed by atoms with Crippen LogP contribution in [0.15, 0.2) is 0 Å². The molecular formula is C25H41NO4. The van der Waals surface area contributed by atoms with Gasteiger partial charge in [0.15, 0.2) is 0 Å². The minimum atomic E-state index is -1.13. The second-order valence-electron chi connectivity index (χ2n) is 12.4. The lowest BCUT2D eigenvalue weighted by molar-refractivity contribution is -0.143. The fourth-order valence-corrected chi connectivity index (χ4v) is 8.36. The van der Waals surface area contributed by atoms with Gasteiger partial charge in [0.1, 0.15) is 6.10 Å². The molecule has 0 spiro atoms. The zero-order valence-corrected chi connectivity index (χ0v) is 19.5. The molecule has 8 atom stereocenters. The van der Waals surface area contributed by atoms with Crippen LogP contribution in [0.3, 0.4) is 0 Å². The van der Waals surface area contributed by atoms with Crippen LogP contribution in [0.2, 0.25) is 0 Å². The molecule has 170 valence electrons. The lowest BCUT2D eigenvalue weighted by atomic mass is 9.44. The topological polar surface area (TPSA) is 75.6 Å². The largest absolute Gasteiger partial charge is 0.506 e. The summed E-state index contributed by atoms with van der Waals surface area (Å²) in [6.07, 6.45) is 8.58. The number of ether oxygens (including phenoxy) is 1. The van der Waals surface area contributed by atoms with Crippen LogP contribution in [0.1, 0.15) is 92.4 Å². The Balaban J connectivity index is 1.50. The number of amides is 1. The summed E-state index contributed by atoms with van der Waals surface area (Å²) in [6.45, 7) is 11.1. The zero-order chi connectivity index (χ0) is 21.9. The lowest BCUT2D eigenvalue weighted by Gasteiger charge is -2.61. The van der Waals surface area contributed by atoms with Gasteiger partial charge in [-0.3, -0.25) is 4.79 Å². The summed E-state index contributed by atoms with van der Waals surface area (Å²) >= 11 is 0. The molecule has 5 nitrogen and oxygen atoms in total. The summed E-state index contributed by atoms with van der Waals surface area (Å²) < 4.78 is 5.16. The standard InChI is InChI=1S/C25H41NO4/c1-23(2,3)26-21(27)20-9-8-18-17-7-6-15-14-16(30-22(28)29)10-12-24(15,4)19(17)11-13-25(18,20)5/h15-20H,6-14H2,1-5H3,(H,26,27)(H,28,29)/t15-,16?,17-,18-,19-,20+,24-,25-/m0/s1. The normalized spacial score (nSPS) is 45.6. The average Bonchev–Trinajstić information content (AvgIpc) is 2.97. The minimum absolute atomic E-state index is 0.122. The summed E-state index contributed by atoms with van der Waals surface area (Å²) in [6, 6.07) is 0. The van der Waals surface area contributed by atoms with Crippen molar-refractivity contribution in [1.29, 1.82) is 0 Å². The summed E-state index contributed by atoms with van der Waals surface area (Å²) in [5.74, 6) is 3.06. The van der Waals surface area contributed by atoms with E-state index >= 15 is 0 Å². The van der Waals surface area contributed by atoms with Gasteiger partial charge in [0.05, 0.1) is 0 Å². The second-order valence-corrected chi connectivity index (χ2v) is 12.4. The van der Waals surface area contributed by atoms with Gasteiger partial charge in [0, 0.05) is 11.5 Å². The lowest BCUT2D eigenvalue weighted by Crippen LogP contribution is -2.55. The third-order valence-electron chi connectivity index (χ3n) is 9.70. The zero-order valence-electron chi connectivity index (χ0n) is 19.5. The van der Waals surface area contributed by atoms with Crippen molar-refractivity contribution in [2.45, 2.75) is 104 Å². The molecule has 4 aliphatic rings. The number of carbonyl (C=O) groups is 2. The Morgan fingerprint density at radius 3 is 2.27 bits per heavy atom. The summed E-state index contributed by atoms with van der Waals surface area (Å²) in [7, 11) is 0. The Kier molecular flexibility index (Phi) is 5.42. The van der Waals surface area contributed by atoms with E-state index in [1.165, 1.54) is 25.7 Å². The van der Waals surface area contributed by atoms with Crippen molar-refractivity contribution in [2.24, 2.45) is 40.4 Å². The fraction of sp³-hybridized carbons (Fsp3) is 0.920. The molecule has 0 aromatic heterocycles.